The molecule has 104 valence electrons. The molecule has 1 aliphatic carbocycles. The summed E-state index contributed by atoms with van der Waals surface area (Å²) in [4.78, 5) is 26.9. The Morgan fingerprint density at radius 3 is 2.63 bits per heavy atom. The maximum atomic E-state index is 12.1. The number of carbonyl (C=O) groups is 2. The molecule has 1 amide bonds. The SMILES string of the molecule is COC(=O)C1(C(=O)NCC(C)(C)c2ccc[nH]2)CC1. The van der Waals surface area contributed by atoms with Gasteiger partial charge in [-0.2, -0.15) is 0 Å². The van der Waals surface area contributed by atoms with Crippen molar-refractivity contribution in [1.82, 2.24) is 10.3 Å². The second-order valence-corrected chi connectivity index (χ2v) is 5.72. The third-order valence-corrected chi connectivity index (χ3v) is 3.78. The standard InChI is InChI=1S/C14H20N2O3/c1-13(2,10-5-4-8-15-10)9-16-11(17)14(6-7-14)12(18)19-3/h4-5,8,15H,6-7,9H2,1-3H3,(H,16,17). The summed E-state index contributed by atoms with van der Waals surface area (Å²) in [7, 11) is 1.32. The maximum Gasteiger partial charge on any atom is 0.321 e. The number of hydrogen-bond acceptors (Lipinski definition) is 3. The minimum Gasteiger partial charge on any atom is -0.468 e. The molecule has 2 rings (SSSR count). The minimum absolute atomic E-state index is 0.203. The Labute approximate surface area is 112 Å². The summed E-state index contributed by atoms with van der Waals surface area (Å²) < 4.78 is 4.70. The monoisotopic (exact) mass is 264 g/mol. The number of hydrogen-bond donors (Lipinski definition) is 2. The molecule has 0 saturated heterocycles. The number of ether oxygens (including phenoxy) is 1. The highest BCUT2D eigenvalue weighted by Crippen LogP contribution is 2.47. The number of H-pyrrole nitrogens is 1. The number of rotatable bonds is 5. The summed E-state index contributed by atoms with van der Waals surface area (Å²) in [6, 6.07) is 3.91. The van der Waals surface area contributed by atoms with Crippen LogP contribution in [0.5, 0.6) is 0 Å². The van der Waals surface area contributed by atoms with Crippen LogP contribution in [0.4, 0.5) is 0 Å². The van der Waals surface area contributed by atoms with Crippen molar-refractivity contribution < 1.29 is 14.3 Å². The van der Waals surface area contributed by atoms with Gasteiger partial charge in [0, 0.05) is 23.9 Å². The number of methoxy groups -OCH3 is 1. The Morgan fingerprint density at radius 2 is 2.16 bits per heavy atom. The van der Waals surface area contributed by atoms with Crippen molar-refractivity contribution in [1.29, 1.82) is 0 Å². The highest BCUT2D eigenvalue weighted by atomic mass is 16.5. The van der Waals surface area contributed by atoms with Gasteiger partial charge in [-0.25, -0.2) is 0 Å². The molecule has 0 spiro atoms. The average Bonchev–Trinajstić information content (AvgIpc) is 3.01. The van der Waals surface area contributed by atoms with E-state index in [-0.39, 0.29) is 11.3 Å². The van der Waals surface area contributed by atoms with Crippen LogP contribution >= 0.6 is 0 Å². The molecule has 1 aromatic rings. The van der Waals surface area contributed by atoms with Crippen LogP contribution in [0.2, 0.25) is 0 Å². The van der Waals surface area contributed by atoms with Crippen molar-refractivity contribution in [2.45, 2.75) is 32.1 Å². The Bertz CT molecular complexity index is 473. The van der Waals surface area contributed by atoms with Gasteiger partial charge in [0.1, 0.15) is 5.41 Å². The zero-order chi connectivity index (χ0) is 14.1. The largest absolute Gasteiger partial charge is 0.468 e. The molecule has 5 nitrogen and oxygen atoms in total. The molecule has 0 bridgehead atoms. The molecule has 1 aliphatic rings. The summed E-state index contributed by atoms with van der Waals surface area (Å²) in [5, 5.41) is 2.87. The first-order valence-electron chi connectivity index (χ1n) is 6.43. The first-order chi connectivity index (χ1) is 8.92. The van der Waals surface area contributed by atoms with Gasteiger partial charge in [-0.15, -0.1) is 0 Å². The van der Waals surface area contributed by atoms with Crippen LogP contribution in [0.3, 0.4) is 0 Å². The van der Waals surface area contributed by atoms with Crippen LogP contribution in [-0.4, -0.2) is 30.5 Å². The second-order valence-electron chi connectivity index (χ2n) is 5.72. The van der Waals surface area contributed by atoms with E-state index < -0.39 is 11.4 Å². The predicted molar refractivity (Wildman–Crippen MR) is 70.5 cm³/mol. The van der Waals surface area contributed by atoms with Gasteiger partial charge in [0.2, 0.25) is 5.91 Å². The zero-order valence-corrected chi connectivity index (χ0v) is 11.6. The summed E-state index contributed by atoms with van der Waals surface area (Å²) in [6.07, 6.45) is 3.01. The summed E-state index contributed by atoms with van der Waals surface area (Å²) in [6.45, 7) is 4.55. The molecule has 1 heterocycles. The lowest BCUT2D eigenvalue weighted by molar-refractivity contribution is -0.152. The zero-order valence-electron chi connectivity index (χ0n) is 11.6. The highest BCUT2D eigenvalue weighted by Gasteiger charge is 2.57. The Kier molecular flexibility index (Phi) is 3.39. The Hall–Kier alpha value is -1.78. The average molecular weight is 264 g/mol. The minimum atomic E-state index is -0.930. The molecule has 1 aromatic heterocycles. The van der Waals surface area contributed by atoms with Gasteiger partial charge in [0.25, 0.3) is 0 Å². The van der Waals surface area contributed by atoms with Crippen LogP contribution in [0.1, 0.15) is 32.4 Å². The number of amides is 1. The molecule has 0 aromatic carbocycles. The Morgan fingerprint density at radius 1 is 1.47 bits per heavy atom. The van der Waals surface area contributed by atoms with E-state index in [0.29, 0.717) is 19.4 Å². The normalized spacial score (nSPS) is 16.8. The van der Waals surface area contributed by atoms with Crippen molar-refractivity contribution in [3.05, 3.63) is 24.0 Å². The van der Waals surface area contributed by atoms with Crippen molar-refractivity contribution in [3.63, 3.8) is 0 Å². The van der Waals surface area contributed by atoms with E-state index in [1.54, 1.807) is 0 Å². The smallest absolute Gasteiger partial charge is 0.321 e. The van der Waals surface area contributed by atoms with Gasteiger partial charge in [0.15, 0.2) is 0 Å². The third-order valence-electron chi connectivity index (χ3n) is 3.78. The van der Waals surface area contributed by atoms with Crippen molar-refractivity contribution in [2.75, 3.05) is 13.7 Å². The fourth-order valence-electron chi connectivity index (χ4n) is 2.16. The summed E-state index contributed by atoms with van der Waals surface area (Å²) in [5.41, 5.74) is -0.0814. The number of esters is 1. The number of carbonyl (C=O) groups excluding carboxylic acids is 2. The lowest BCUT2D eigenvalue weighted by Crippen LogP contribution is -2.43. The lowest BCUT2D eigenvalue weighted by Gasteiger charge is -2.25. The summed E-state index contributed by atoms with van der Waals surface area (Å²) >= 11 is 0. The number of aromatic nitrogens is 1. The van der Waals surface area contributed by atoms with Crippen LogP contribution in [0, 0.1) is 5.41 Å². The van der Waals surface area contributed by atoms with Gasteiger partial charge >= 0.3 is 5.97 Å². The van der Waals surface area contributed by atoms with E-state index in [9.17, 15) is 9.59 Å². The van der Waals surface area contributed by atoms with E-state index in [4.69, 9.17) is 4.74 Å². The number of aromatic amines is 1. The van der Waals surface area contributed by atoms with Crippen LogP contribution < -0.4 is 5.32 Å². The lowest BCUT2D eigenvalue weighted by atomic mass is 9.89. The van der Waals surface area contributed by atoms with Gasteiger partial charge in [-0.3, -0.25) is 9.59 Å². The quantitative estimate of drug-likeness (QED) is 0.623. The fourth-order valence-corrected chi connectivity index (χ4v) is 2.16. The van der Waals surface area contributed by atoms with Crippen molar-refractivity contribution in [2.24, 2.45) is 5.41 Å². The predicted octanol–water partition coefficient (Wildman–Crippen LogP) is 1.36. The van der Waals surface area contributed by atoms with Gasteiger partial charge in [-0.1, -0.05) is 13.8 Å². The topological polar surface area (TPSA) is 71.2 Å². The van der Waals surface area contributed by atoms with Crippen molar-refractivity contribution >= 4 is 11.9 Å². The molecular weight excluding hydrogens is 244 g/mol. The van der Waals surface area contributed by atoms with Crippen LogP contribution in [-0.2, 0) is 19.7 Å². The molecule has 2 N–H and O–H groups in total. The summed E-state index contributed by atoms with van der Waals surface area (Å²) in [5.74, 6) is -0.651. The molecule has 0 atom stereocenters. The Balaban J connectivity index is 1.96. The van der Waals surface area contributed by atoms with E-state index in [2.05, 4.69) is 10.3 Å². The van der Waals surface area contributed by atoms with Gasteiger partial charge < -0.3 is 15.0 Å². The van der Waals surface area contributed by atoms with E-state index >= 15 is 0 Å². The molecule has 0 unspecified atom stereocenters. The molecule has 19 heavy (non-hydrogen) atoms. The highest BCUT2D eigenvalue weighted by molar-refractivity contribution is 6.05. The van der Waals surface area contributed by atoms with E-state index in [1.807, 2.05) is 32.2 Å². The molecule has 1 fully saturated rings. The first-order valence-corrected chi connectivity index (χ1v) is 6.43. The van der Waals surface area contributed by atoms with Crippen LogP contribution in [0.25, 0.3) is 0 Å². The van der Waals surface area contributed by atoms with Gasteiger partial charge in [0.05, 0.1) is 7.11 Å². The van der Waals surface area contributed by atoms with Gasteiger partial charge in [-0.05, 0) is 25.0 Å². The second kappa shape index (κ2) is 4.72. The number of nitrogens with one attached hydrogen (secondary N) is 2. The first kappa shape index (κ1) is 13.6. The molecule has 0 aliphatic heterocycles. The van der Waals surface area contributed by atoms with E-state index in [0.717, 1.165) is 5.69 Å². The molecule has 1 saturated carbocycles. The van der Waals surface area contributed by atoms with E-state index in [1.165, 1.54) is 7.11 Å². The third kappa shape index (κ3) is 2.50. The molecule has 5 heteroatoms. The molecule has 0 radical (unpaired) electrons. The van der Waals surface area contributed by atoms with Crippen LogP contribution in [0.15, 0.2) is 18.3 Å². The molecular formula is C14H20N2O3. The fraction of sp³-hybridized carbons (Fsp3) is 0.571. The maximum absolute atomic E-state index is 12.1. The van der Waals surface area contributed by atoms with Crippen molar-refractivity contribution in [3.8, 4) is 0 Å².